The van der Waals surface area contributed by atoms with Crippen molar-refractivity contribution in [3.8, 4) is 11.5 Å². The summed E-state index contributed by atoms with van der Waals surface area (Å²) < 4.78 is 33.1. The highest BCUT2D eigenvalue weighted by Crippen LogP contribution is 2.27. The number of β-lactam (4-membered cyclic amide) rings is 1. The van der Waals surface area contributed by atoms with Gasteiger partial charge < -0.3 is 41.8 Å². The van der Waals surface area contributed by atoms with Gasteiger partial charge in [-0.2, -0.15) is 8.42 Å². The summed E-state index contributed by atoms with van der Waals surface area (Å²) in [6, 6.07) is 0.119. The summed E-state index contributed by atoms with van der Waals surface area (Å²) in [5.74, 6) is -6.30. The number of aliphatic carboxylic acids is 1. The molecule has 0 aliphatic carbocycles. The number of nitrogens with one attached hydrogen (secondary N) is 3. The Labute approximate surface area is 252 Å². The average Bonchev–Trinajstić information content (AvgIpc) is 3.35. The number of aromatic hydroxyl groups is 2. The van der Waals surface area contributed by atoms with Gasteiger partial charge in [-0.3, -0.25) is 23.7 Å². The van der Waals surface area contributed by atoms with Crippen molar-refractivity contribution in [2.24, 2.45) is 5.16 Å². The maximum atomic E-state index is 13.1. The van der Waals surface area contributed by atoms with E-state index in [9.17, 15) is 52.3 Å². The van der Waals surface area contributed by atoms with Crippen LogP contribution >= 0.6 is 11.3 Å². The molecule has 0 unspecified atom stereocenters. The number of aromatic nitrogens is 1. The number of hydrogen-bond acceptors (Lipinski definition) is 14. The molecule has 2 atom stereocenters. The van der Waals surface area contributed by atoms with E-state index in [4.69, 9.17) is 10.6 Å². The van der Waals surface area contributed by atoms with Gasteiger partial charge in [-0.25, -0.2) is 14.1 Å². The molecule has 0 bridgehead atoms. The van der Waals surface area contributed by atoms with Crippen LogP contribution < -0.4 is 21.7 Å². The number of carboxylic acids is 1. The number of carboxylic acid groups (broad SMARTS) is 1. The summed E-state index contributed by atoms with van der Waals surface area (Å²) in [7, 11) is -5.15. The van der Waals surface area contributed by atoms with E-state index in [1.807, 2.05) is 0 Å². The highest BCUT2D eigenvalue weighted by Gasteiger charge is 2.54. The summed E-state index contributed by atoms with van der Waals surface area (Å²) in [6.07, 6.45) is -0.727. The minimum atomic E-state index is -5.15. The van der Waals surface area contributed by atoms with Crippen LogP contribution in [-0.2, 0) is 34.3 Å². The second-order valence-corrected chi connectivity index (χ2v) is 11.7. The molecule has 3 rings (SSSR count). The molecule has 21 heteroatoms. The van der Waals surface area contributed by atoms with Crippen LogP contribution in [0.2, 0.25) is 0 Å². The average molecular weight is 658 g/mol. The number of thiazole rings is 1. The molecule has 4 amide bonds. The number of nitrogens with zero attached hydrogens (tertiary/aromatic N) is 3. The van der Waals surface area contributed by atoms with Crippen LogP contribution in [0.4, 0.5) is 5.13 Å². The molecular formula is C23H27N7O12S2. The van der Waals surface area contributed by atoms with Crippen LogP contribution in [0, 0.1) is 0 Å². The molecule has 1 aromatic carbocycles. The second kappa shape index (κ2) is 13.1. The van der Waals surface area contributed by atoms with E-state index < -0.39 is 81.2 Å². The summed E-state index contributed by atoms with van der Waals surface area (Å²) in [4.78, 5) is 70.7. The minimum absolute atomic E-state index is 0.00170. The van der Waals surface area contributed by atoms with Crippen molar-refractivity contribution >= 4 is 62.1 Å². The Hall–Kier alpha value is -5.02. The Bertz CT molecular complexity index is 1620. The van der Waals surface area contributed by atoms with Crippen LogP contribution in [0.5, 0.6) is 11.5 Å². The largest absolute Gasteiger partial charge is 0.504 e. The van der Waals surface area contributed by atoms with Crippen molar-refractivity contribution in [1.29, 1.82) is 0 Å². The summed E-state index contributed by atoms with van der Waals surface area (Å²) in [6.45, 7) is 1.99. The number of phenolic OH excluding ortho intramolecular Hbond substituents is 2. The van der Waals surface area contributed by atoms with Gasteiger partial charge in [-0.1, -0.05) is 5.16 Å². The van der Waals surface area contributed by atoms with Gasteiger partial charge in [0.05, 0.1) is 12.5 Å². The normalized spacial score (nSPS) is 16.9. The Morgan fingerprint density at radius 3 is 2.39 bits per heavy atom. The second-order valence-electron chi connectivity index (χ2n) is 9.56. The maximum Gasteiger partial charge on any atom is 0.362 e. The number of hydrogen-bond donors (Lipinski definition) is 8. The van der Waals surface area contributed by atoms with E-state index >= 15 is 0 Å². The van der Waals surface area contributed by atoms with Gasteiger partial charge >= 0.3 is 16.3 Å². The number of nitrogen functional groups attached to an aromatic ring is 1. The SMILES string of the molecule is CC(C)(O/N=C(/C(=O)N[C@H]1C(=O)N(S(=O)(=O)O)[C@@H]1CC(=O)NCCNC(=O)c1ccc(O)c(O)c1)c1csc(N)n1)C(=O)O. The van der Waals surface area contributed by atoms with E-state index in [-0.39, 0.29) is 33.8 Å². The van der Waals surface area contributed by atoms with E-state index in [0.717, 1.165) is 37.3 Å². The number of phenols is 2. The zero-order chi connectivity index (χ0) is 33.0. The molecule has 1 fully saturated rings. The molecule has 0 radical (unpaired) electrons. The fourth-order valence-electron chi connectivity index (χ4n) is 3.58. The summed E-state index contributed by atoms with van der Waals surface area (Å²) >= 11 is 0.899. The first-order valence-electron chi connectivity index (χ1n) is 12.3. The number of anilines is 1. The fraction of sp³-hybridized carbons (Fsp3) is 0.348. The number of benzene rings is 1. The molecule has 0 saturated carbocycles. The first-order chi connectivity index (χ1) is 20.4. The predicted octanol–water partition coefficient (Wildman–Crippen LogP) is -1.84. The van der Waals surface area contributed by atoms with E-state index in [1.165, 1.54) is 11.4 Å². The van der Waals surface area contributed by atoms with Gasteiger partial charge in [0.2, 0.25) is 11.5 Å². The van der Waals surface area contributed by atoms with Gasteiger partial charge in [0.25, 0.3) is 17.7 Å². The Balaban J connectivity index is 1.68. The van der Waals surface area contributed by atoms with E-state index in [2.05, 4.69) is 26.1 Å². The number of carbonyl (C=O) groups is 5. The monoisotopic (exact) mass is 657 g/mol. The molecule has 1 aliphatic heterocycles. The smallest absolute Gasteiger partial charge is 0.362 e. The number of amides is 4. The Morgan fingerprint density at radius 1 is 1.16 bits per heavy atom. The predicted molar refractivity (Wildman–Crippen MR) is 150 cm³/mol. The highest BCUT2D eigenvalue weighted by molar-refractivity contribution is 7.84. The molecule has 2 aromatic rings. The lowest BCUT2D eigenvalue weighted by atomic mass is 9.94. The van der Waals surface area contributed by atoms with Crippen LogP contribution in [-0.4, -0.2) is 104 Å². The molecule has 9 N–H and O–H groups in total. The standard InChI is InChI=1S/C23H27N7O12S2/c1-23(2,21(37)38)42-29-16(11-9-43-22(24)27-11)19(35)28-17-12(30(20(17)36)44(39,40)41)8-15(33)25-5-6-26-18(34)10-3-4-13(31)14(32)7-10/h3-4,7,9,12,17,31-32H,5-6,8H2,1-2H3,(H2,24,27)(H,25,33)(H,26,34)(H,28,35)(H,37,38)(H,39,40,41)/b29-16+/t12-,17-/m1/s1. The van der Waals surface area contributed by atoms with Crippen molar-refractivity contribution in [2.45, 2.75) is 38.0 Å². The van der Waals surface area contributed by atoms with Crippen molar-refractivity contribution < 1.29 is 57.1 Å². The maximum absolute atomic E-state index is 13.1. The van der Waals surface area contributed by atoms with E-state index in [0.29, 0.717) is 0 Å². The quantitative estimate of drug-likeness (QED) is 0.0293. The van der Waals surface area contributed by atoms with Gasteiger partial charge in [-0.15, -0.1) is 11.3 Å². The third-order valence-corrected chi connectivity index (χ3v) is 7.55. The first-order valence-corrected chi connectivity index (χ1v) is 14.6. The molecule has 19 nitrogen and oxygen atoms in total. The number of carbonyl (C=O) groups excluding carboxylic acids is 4. The molecule has 44 heavy (non-hydrogen) atoms. The topological polar surface area (TPSA) is 300 Å². The third kappa shape index (κ3) is 7.87. The highest BCUT2D eigenvalue weighted by atomic mass is 32.2. The third-order valence-electron chi connectivity index (χ3n) is 5.93. The van der Waals surface area contributed by atoms with Crippen LogP contribution in [0.15, 0.2) is 28.7 Å². The summed E-state index contributed by atoms with van der Waals surface area (Å²) in [5.41, 5.74) is 2.94. The summed E-state index contributed by atoms with van der Waals surface area (Å²) in [5, 5.41) is 40.0. The van der Waals surface area contributed by atoms with Crippen molar-refractivity contribution in [3.05, 3.63) is 34.8 Å². The zero-order valence-corrected chi connectivity index (χ0v) is 24.5. The molecule has 1 saturated heterocycles. The number of nitrogens with two attached hydrogens (primary N) is 1. The molecule has 238 valence electrons. The van der Waals surface area contributed by atoms with Crippen LogP contribution in [0.3, 0.4) is 0 Å². The molecule has 0 spiro atoms. The molecule has 2 heterocycles. The van der Waals surface area contributed by atoms with Gasteiger partial charge in [-0.05, 0) is 32.0 Å². The van der Waals surface area contributed by atoms with Crippen LogP contribution in [0.1, 0.15) is 36.3 Å². The Morgan fingerprint density at radius 2 is 1.82 bits per heavy atom. The van der Waals surface area contributed by atoms with Gasteiger partial charge in [0, 0.05) is 24.0 Å². The van der Waals surface area contributed by atoms with Gasteiger partial charge in [0.1, 0.15) is 11.7 Å². The van der Waals surface area contributed by atoms with Gasteiger partial charge in [0.15, 0.2) is 22.3 Å². The lowest BCUT2D eigenvalue weighted by molar-refractivity contribution is -0.161. The van der Waals surface area contributed by atoms with Crippen molar-refractivity contribution in [1.82, 2.24) is 25.2 Å². The Kier molecular flexibility index (Phi) is 9.96. The van der Waals surface area contributed by atoms with Crippen molar-refractivity contribution in [2.75, 3.05) is 18.8 Å². The number of oxime groups is 1. The lowest BCUT2D eigenvalue weighted by Gasteiger charge is -2.43. The number of rotatable bonds is 13. The van der Waals surface area contributed by atoms with Crippen molar-refractivity contribution in [3.63, 3.8) is 0 Å². The first kappa shape index (κ1) is 33.5. The molecule has 1 aromatic heterocycles. The van der Waals surface area contributed by atoms with Crippen LogP contribution in [0.25, 0.3) is 0 Å². The zero-order valence-electron chi connectivity index (χ0n) is 22.9. The minimum Gasteiger partial charge on any atom is -0.504 e. The molecule has 1 aliphatic rings. The lowest BCUT2D eigenvalue weighted by Crippen LogP contribution is -2.73. The van der Waals surface area contributed by atoms with E-state index in [1.54, 1.807) is 0 Å². The fourth-order valence-corrected chi connectivity index (χ4v) is 5.01. The molecular weight excluding hydrogens is 630 g/mol.